The maximum Gasteiger partial charge on any atom is 0.255 e. The van der Waals surface area contributed by atoms with Gasteiger partial charge in [0.15, 0.2) is 0 Å². The Labute approximate surface area is 185 Å². The molecule has 2 heterocycles. The van der Waals surface area contributed by atoms with Crippen LogP contribution in [0.4, 0.5) is 0 Å². The molecule has 0 radical (unpaired) electrons. The van der Waals surface area contributed by atoms with Crippen molar-refractivity contribution < 1.29 is 9.59 Å². The lowest BCUT2D eigenvalue weighted by molar-refractivity contribution is -0.125. The molecule has 0 unspecified atom stereocenters. The van der Waals surface area contributed by atoms with E-state index in [1.807, 2.05) is 66.9 Å². The minimum Gasteiger partial charge on any atom is -0.347 e. The molecular weight excluding hydrogens is 412 g/mol. The van der Waals surface area contributed by atoms with E-state index in [4.69, 9.17) is 0 Å². The smallest absolute Gasteiger partial charge is 0.255 e. The molecule has 0 fully saturated rings. The number of hydrogen-bond donors (Lipinski definition) is 1. The highest BCUT2D eigenvalue weighted by Crippen LogP contribution is 2.27. The highest BCUT2D eigenvalue weighted by molar-refractivity contribution is 7.98. The van der Waals surface area contributed by atoms with Crippen molar-refractivity contribution in [1.29, 1.82) is 0 Å². The van der Waals surface area contributed by atoms with Gasteiger partial charge in [0.1, 0.15) is 6.04 Å². The fourth-order valence-electron chi connectivity index (χ4n) is 3.62. The summed E-state index contributed by atoms with van der Waals surface area (Å²) in [7, 11) is 0. The summed E-state index contributed by atoms with van der Waals surface area (Å²) >= 11 is 3.30. The molecule has 0 saturated carbocycles. The first kappa shape index (κ1) is 20.7. The Morgan fingerprint density at radius 3 is 2.60 bits per heavy atom. The van der Waals surface area contributed by atoms with Gasteiger partial charge in [0.05, 0.1) is 6.04 Å². The topological polar surface area (TPSA) is 49.4 Å². The quantitative estimate of drug-likeness (QED) is 0.547. The fraction of sp³-hybridized carbons (Fsp3) is 0.250. The summed E-state index contributed by atoms with van der Waals surface area (Å²) in [4.78, 5) is 29.1. The molecule has 1 N–H and O–H groups in total. The Kier molecular flexibility index (Phi) is 6.55. The van der Waals surface area contributed by atoms with E-state index < -0.39 is 6.04 Å². The second-order valence-electron chi connectivity index (χ2n) is 7.35. The van der Waals surface area contributed by atoms with Crippen LogP contribution in [0.2, 0.25) is 0 Å². The van der Waals surface area contributed by atoms with Gasteiger partial charge in [0.25, 0.3) is 5.91 Å². The average Bonchev–Trinajstić information content (AvgIpc) is 3.41. The van der Waals surface area contributed by atoms with Gasteiger partial charge in [0.2, 0.25) is 5.91 Å². The van der Waals surface area contributed by atoms with Crippen LogP contribution in [0.1, 0.15) is 39.3 Å². The van der Waals surface area contributed by atoms with E-state index in [1.165, 1.54) is 5.56 Å². The zero-order valence-corrected chi connectivity index (χ0v) is 18.4. The Balaban J connectivity index is 1.49. The SMILES string of the molecule is C[C@@H](NC(=O)[C@H](CSCc1ccccc1)N1Cc2ccccc2C1=O)c1cccs1. The monoisotopic (exact) mass is 436 g/mol. The number of fused-ring (bicyclic) bond motifs is 1. The predicted octanol–water partition coefficient (Wildman–Crippen LogP) is 4.88. The van der Waals surface area contributed by atoms with Crippen molar-refractivity contribution in [2.75, 3.05) is 5.75 Å². The van der Waals surface area contributed by atoms with Gasteiger partial charge in [-0.25, -0.2) is 0 Å². The molecule has 0 spiro atoms. The number of thioether (sulfide) groups is 1. The van der Waals surface area contributed by atoms with Gasteiger partial charge in [-0.15, -0.1) is 11.3 Å². The van der Waals surface area contributed by atoms with Crippen LogP contribution in [-0.4, -0.2) is 28.5 Å². The second-order valence-corrected chi connectivity index (χ2v) is 9.36. The van der Waals surface area contributed by atoms with Gasteiger partial charge in [-0.3, -0.25) is 9.59 Å². The molecule has 4 rings (SSSR count). The van der Waals surface area contributed by atoms with E-state index in [9.17, 15) is 9.59 Å². The summed E-state index contributed by atoms with van der Waals surface area (Å²) < 4.78 is 0. The van der Waals surface area contributed by atoms with E-state index in [2.05, 4.69) is 17.4 Å². The number of carbonyl (C=O) groups is 2. The zero-order valence-electron chi connectivity index (χ0n) is 16.8. The molecule has 2 amide bonds. The summed E-state index contributed by atoms with van der Waals surface area (Å²) in [5.41, 5.74) is 2.90. The van der Waals surface area contributed by atoms with Crippen LogP contribution in [0.25, 0.3) is 0 Å². The normalized spacial score (nSPS) is 15.0. The Hall–Kier alpha value is -2.57. The molecule has 1 aromatic heterocycles. The van der Waals surface area contributed by atoms with Crippen molar-refractivity contribution >= 4 is 34.9 Å². The van der Waals surface area contributed by atoms with E-state index >= 15 is 0 Å². The van der Waals surface area contributed by atoms with Crippen LogP contribution in [0.3, 0.4) is 0 Å². The molecule has 1 aliphatic heterocycles. The number of thiophene rings is 1. The third-order valence-electron chi connectivity index (χ3n) is 5.24. The van der Waals surface area contributed by atoms with Crippen molar-refractivity contribution in [2.24, 2.45) is 0 Å². The maximum atomic E-state index is 13.3. The first-order valence-corrected chi connectivity index (χ1v) is 12.0. The van der Waals surface area contributed by atoms with Crippen LogP contribution in [0.5, 0.6) is 0 Å². The lowest BCUT2D eigenvalue weighted by Gasteiger charge is -2.28. The first-order chi connectivity index (χ1) is 14.6. The summed E-state index contributed by atoms with van der Waals surface area (Å²) in [6, 6.07) is 21.2. The number of carbonyl (C=O) groups excluding carboxylic acids is 2. The highest BCUT2D eigenvalue weighted by Gasteiger charge is 2.36. The van der Waals surface area contributed by atoms with Crippen molar-refractivity contribution in [3.8, 4) is 0 Å². The summed E-state index contributed by atoms with van der Waals surface area (Å²) in [5, 5.41) is 5.13. The van der Waals surface area contributed by atoms with Crippen LogP contribution in [-0.2, 0) is 17.1 Å². The van der Waals surface area contributed by atoms with E-state index in [0.717, 1.165) is 16.2 Å². The molecule has 0 saturated heterocycles. The molecule has 0 bridgehead atoms. The van der Waals surface area contributed by atoms with Crippen molar-refractivity contribution in [3.05, 3.63) is 93.7 Å². The number of nitrogens with one attached hydrogen (secondary N) is 1. The molecule has 154 valence electrons. The molecule has 30 heavy (non-hydrogen) atoms. The standard InChI is InChI=1S/C24H24N2O2S2/c1-17(22-12-7-13-30-22)25-23(27)21(16-29-15-18-8-3-2-4-9-18)26-14-19-10-5-6-11-20(19)24(26)28/h2-13,17,21H,14-16H2,1H3,(H,25,27)/t17-,21+/m1/s1. The van der Waals surface area contributed by atoms with Crippen molar-refractivity contribution in [1.82, 2.24) is 10.2 Å². The molecule has 3 aromatic rings. The zero-order chi connectivity index (χ0) is 20.9. The fourth-order valence-corrected chi connectivity index (χ4v) is 5.45. The molecular formula is C24H24N2O2S2. The van der Waals surface area contributed by atoms with Crippen molar-refractivity contribution in [2.45, 2.75) is 31.3 Å². The summed E-state index contributed by atoms with van der Waals surface area (Å²) in [5.74, 6) is 1.20. The Morgan fingerprint density at radius 2 is 1.87 bits per heavy atom. The second kappa shape index (κ2) is 9.49. The molecule has 4 nitrogen and oxygen atoms in total. The van der Waals surface area contributed by atoms with Crippen LogP contribution in [0, 0.1) is 0 Å². The van der Waals surface area contributed by atoms with Crippen LogP contribution in [0.15, 0.2) is 72.1 Å². The van der Waals surface area contributed by atoms with Gasteiger partial charge in [-0.05, 0) is 35.6 Å². The number of amides is 2. The average molecular weight is 437 g/mol. The van der Waals surface area contributed by atoms with E-state index in [-0.39, 0.29) is 17.9 Å². The highest BCUT2D eigenvalue weighted by atomic mass is 32.2. The van der Waals surface area contributed by atoms with Gasteiger partial charge in [0, 0.05) is 28.5 Å². The van der Waals surface area contributed by atoms with Gasteiger partial charge in [-0.2, -0.15) is 11.8 Å². The minimum absolute atomic E-state index is 0.0603. The third-order valence-corrected chi connectivity index (χ3v) is 7.39. The summed E-state index contributed by atoms with van der Waals surface area (Å²) in [6.45, 7) is 2.46. The van der Waals surface area contributed by atoms with Gasteiger partial charge in [-0.1, -0.05) is 54.6 Å². The Morgan fingerprint density at radius 1 is 1.10 bits per heavy atom. The molecule has 1 aliphatic rings. The maximum absolute atomic E-state index is 13.3. The Bertz CT molecular complexity index is 1010. The van der Waals surface area contributed by atoms with E-state index in [1.54, 1.807) is 28.0 Å². The third kappa shape index (κ3) is 4.60. The molecule has 0 aliphatic carbocycles. The van der Waals surface area contributed by atoms with E-state index in [0.29, 0.717) is 17.9 Å². The first-order valence-electron chi connectivity index (χ1n) is 9.98. The van der Waals surface area contributed by atoms with Crippen molar-refractivity contribution in [3.63, 3.8) is 0 Å². The lowest BCUT2D eigenvalue weighted by Crippen LogP contribution is -2.49. The van der Waals surface area contributed by atoms with Crippen LogP contribution < -0.4 is 5.32 Å². The lowest BCUT2D eigenvalue weighted by atomic mass is 10.1. The number of nitrogens with zero attached hydrogens (tertiary/aromatic N) is 1. The number of rotatable bonds is 8. The largest absolute Gasteiger partial charge is 0.347 e. The van der Waals surface area contributed by atoms with Gasteiger partial charge >= 0.3 is 0 Å². The summed E-state index contributed by atoms with van der Waals surface area (Å²) in [6.07, 6.45) is 0. The number of benzene rings is 2. The van der Waals surface area contributed by atoms with Gasteiger partial charge < -0.3 is 10.2 Å². The predicted molar refractivity (Wildman–Crippen MR) is 124 cm³/mol. The minimum atomic E-state index is -0.513. The van der Waals surface area contributed by atoms with Crippen LogP contribution >= 0.6 is 23.1 Å². The molecule has 2 aromatic carbocycles. The molecule has 2 atom stereocenters. The number of hydrogen-bond acceptors (Lipinski definition) is 4. The molecule has 6 heteroatoms.